The number of hydrogen-bond donors (Lipinski definition) is 1. The lowest BCUT2D eigenvalue weighted by Gasteiger charge is -2.35. The number of benzene rings is 1. The fraction of sp³-hybridized carbons (Fsp3) is 0.318. The molecule has 0 aliphatic carbocycles. The van der Waals surface area contributed by atoms with Crippen LogP contribution in [0.2, 0.25) is 0 Å². The van der Waals surface area contributed by atoms with E-state index < -0.39 is 0 Å². The molecule has 0 amide bonds. The quantitative estimate of drug-likeness (QED) is 0.720. The summed E-state index contributed by atoms with van der Waals surface area (Å²) in [6.45, 7) is 2.73. The Kier molecular flexibility index (Phi) is 5.64. The number of aromatic nitrogens is 3. The first-order chi connectivity index (χ1) is 13.8. The first kappa shape index (κ1) is 18.2. The van der Waals surface area contributed by atoms with Crippen molar-refractivity contribution in [2.45, 2.75) is 31.5 Å². The van der Waals surface area contributed by atoms with E-state index >= 15 is 0 Å². The van der Waals surface area contributed by atoms with Gasteiger partial charge in [0.25, 0.3) is 0 Å². The Labute approximate surface area is 165 Å². The molecule has 0 saturated carbocycles. The number of piperidine rings is 1. The fourth-order valence-electron chi connectivity index (χ4n) is 3.77. The zero-order valence-corrected chi connectivity index (χ0v) is 15.8. The summed E-state index contributed by atoms with van der Waals surface area (Å²) in [5, 5.41) is 13.0. The van der Waals surface area contributed by atoms with E-state index in [0.717, 1.165) is 38.3 Å². The molecule has 1 aromatic carbocycles. The van der Waals surface area contributed by atoms with Crippen molar-refractivity contribution in [2.75, 3.05) is 18.0 Å². The van der Waals surface area contributed by atoms with Gasteiger partial charge in [-0.15, -0.1) is 0 Å². The highest BCUT2D eigenvalue weighted by Gasteiger charge is 2.23. The van der Waals surface area contributed by atoms with Crippen LogP contribution in [0.3, 0.4) is 0 Å². The summed E-state index contributed by atoms with van der Waals surface area (Å²) < 4.78 is 2.12. The molecule has 0 unspecified atom stereocenters. The van der Waals surface area contributed by atoms with Crippen molar-refractivity contribution in [3.63, 3.8) is 0 Å². The van der Waals surface area contributed by atoms with E-state index in [2.05, 4.69) is 61.2 Å². The smallest absolute Gasteiger partial charge is 0.129 e. The van der Waals surface area contributed by atoms with Crippen molar-refractivity contribution in [1.82, 2.24) is 19.9 Å². The van der Waals surface area contributed by atoms with Gasteiger partial charge >= 0.3 is 0 Å². The van der Waals surface area contributed by atoms with Crippen molar-refractivity contribution in [3.05, 3.63) is 78.5 Å². The summed E-state index contributed by atoms with van der Waals surface area (Å²) in [5.41, 5.74) is 1.96. The highest BCUT2D eigenvalue weighted by molar-refractivity contribution is 5.45. The summed E-state index contributed by atoms with van der Waals surface area (Å²) in [6.07, 6.45) is 9.51. The summed E-state index contributed by atoms with van der Waals surface area (Å²) >= 11 is 0. The monoisotopic (exact) mass is 372 g/mol. The summed E-state index contributed by atoms with van der Waals surface area (Å²) in [6, 6.07) is 17.1. The molecule has 1 fully saturated rings. The molecular weight excluding hydrogens is 348 g/mol. The normalized spacial score (nSPS) is 15.9. The lowest BCUT2D eigenvalue weighted by molar-refractivity contribution is 0.346. The fourth-order valence-corrected chi connectivity index (χ4v) is 3.77. The maximum atomic E-state index is 9.10. The second-order valence-electron chi connectivity index (χ2n) is 7.17. The number of hydrogen-bond acceptors (Lipinski definition) is 5. The van der Waals surface area contributed by atoms with Gasteiger partial charge in [0.15, 0.2) is 0 Å². The molecule has 1 aliphatic heterocycles. The molecule has 28 heavy (non-hydrogen) atoms. The Hall–Kier alpha value is -3.17. The molecule has 0 spiro atoms. The van der Waals surface area contributed by atoms with Gasteiger partial charge in [0, 0.05) is 44.3 Å². The van der Waals surface area contributed by atoms with Gasteiger partial charge in [-0.05, 0) is 30.5 Å². The molecule has 2 aromatic heterocycles. The van der Waals surface area contributed by atoms with E-state index in [4.69, 9.17) is 5.26 Å². The molecule has 1 aliphatic rings. The van der Waals surface area contributed by atoms with Gasteiger partial charge < -0.3 is 14.8 Å². The number of rotatable bonds is 6. The molecule has 3 heterocycles. The lowest BCUT2D eigenvalue weighted by Crippen LogP contribution is -2.44. The predicted molar refractivity (Wildman–Crippen MR) is 109 cm³/mol. The van der Waals surface area contributed by atoms with Gasteiger partial charge in [-0.2, -0.15) is 5.26 Å². The molecule has 1 saturated heterocycles. The molecule has 6 nitrogen and oxygen atoms in total. The van der Waals surface area contributed by atoms with Crippen LogP contribution in [0.4, 0.5) is 5.82 Å². The van der Waals surface area contributed by atoms with Crippen LogP contribution in [-0.2, 0) is 6.54 Å². The van der Waals surface area contributed by atoms with Gasteiger partial charge in [-0.3, -0.25) is 0 Å². The molecule has 3 aromatic rings. The zero-order chi connectivity index (χ0) is 19.2. The average molecular weight is 372 g/mol. The van der Waals surface area contributed by atoms with E-state index in [1.54, 1.807) is 12.3 Å². The van der Waals surface area contributed by atoms with Crippen LogP contribution in [0.15, 0.2) is 67.4 Å². The van der Waals surface area contributed by atoms with Gasteiger partial charge in [0.05, 0.1) is 24.0 Å². The van der Waals surface area contributed by atoms with Gasteiger partial charge in [-0.25, -0.2) is 9.97 Å². The Morgan fingerprint density at radius 3 is 2.68 bits per heavy atom. The van der Waals surface area contributed by atoms with E-state index in [1.165, 1.54) is 5.56 Å². The number of nitriles is 1. The molecule has 0 radical (unpaired) electrons. The third kappa shape index (κ3) is 4.38. The van der Waals surface area contributed by atoms with Crippen molar-refractivity contribution in [3.8, 4) is 6.07 Å². The SMILES string of the molecule is N#Cc1ccnc(N2CCC(N[C@H](Cn3ccnc3)c3ccccc3)CC2)c1. The minimum absolute atomic E-state index is 0.243. The van der Waals surface area contributed by atoms with E-state index in [-0.39, 0.29) is 6.04 Å². The predicted octanol–water partition coefficient (Wildman–Crippen LogP) is 3.15. The number of anilines is 1. The number of pyridine rings is 1. The van der Waals surface area contributed by atoms with Crippen LogP contribution >= 0.6 is 0 Å². The Bertz CT molecular complexity index is 908. The van der Waals surface area contributed by atoms with E-state index in [0.29, 0.717) is 11.6 Å². The Morgan fingerprint density at radius 2 is 1.96 bits per heavy atom. The van der Waals surface area contributed by atoms with Crippen LogP contribution in [-0.4, -0.2) is 33.7 Å². The van der Waals surface area contributed by atoms with Crippen molar-refractivity contribution < 1.29 is 0 Å². The van der Waals surface area contributed by atoms with Crippen molar-refractivity contribution in [2.24, 2.45) is 0 Å². The second kappa shape index (κ2) is 8.68. The van der Waals surface area contributed by atoms with Gasteiger partial charge in [0.2, 0.25) is 0 Å². The summed E-state index contributed by atoms with van der Waals surface area (Å²) in [7, 11) is 0. The maximum Gasteiger partial charge on any atom is 0.129 e. The molecule has 6 heteroatoms. The minimum atomic E-state index is 0.243. The number of imidazole rings is 1. The van der Waals surface area contributed by atoms with Gasteiger partial charge in [0.1, 0.15) is 5.82 Å². The van der Waals surface area contributed by atoms with Crippen molar-refractivity contribution in [1.29, 1.82) is 5.26 Å². The first-order valence-corrected chi connectivity index (χ1v) is 9.69. The van der Waals surface area contributed by atoms with E-state index in [1.807, 2.05) is 24.8 Å². The third-order valence-corrected chi connectivity index (χ3v) is 5.28. The minimum Gasteiger partial charge on any atom is -0.356 e. The summed E-state index contributed by atoms with van der Waals surface area (Å²) in [5.74, 6) is 0.899. The zero-order valence-electron chi connectivity index (χ0n) is 15.8. The molecule has 4 rings (SSSR count). The van der Waals surface area contributed by atoms with Crippen LogP contribution in [0.1, 0.15) is 30.0 Å². The lowest BCUT2D eigenvalue weighted by atomic mass is 10.0. The molecule has 1 N–H and O–H groups in total. The topological polar surface area (TPSA) is 69.8 Å². The first-order valence-electron chi connectivity index (χ1n) is 9.69. The molecule has 0 bridgehead atoms. The number of nitrogens with one attached hydrogen (secondary N) is 1. The second-order valence-corrected chi connectivity index (χ2v) is 7.17. The van der Waals surface area contributed by atoms with E-state index in [9.17, 15) is 0 Å². The largest absolute Gasteiger partial charge is 0.356 e. The highest BCUT2D eigenvalue weighted by atomic mass is 15.2. The number of nitrogens with zero attached hydrogens (tertiary/aromatic N) is 5. The summed E-state index contributed by atoms with van der Waals surface area (Å²) in [4.78, 5) is 10.9. The average Bonchev–Trinajstić information content (AvgIpc) is 3.28. The molecular formula is C22H24N6. The van der Waals surface area contributed by atoms with Crippen LogP contribution in [0.5, 0.6) is 0 Å². The highest BCUT2D eigenvalue weighted by Crippen LogP contribution is 2.22. The molecule has 1 atom stereocenters. The standard InChI is InChI=1S/C22H24N6/c23-15-18-6-9-25-22(14-18)28-11-7-20(8-12-28)26-21(16-27-13-10-24-17-27)19-4-2-1-3-5-19/h1-6,9-10,13-14,17,20-21,26H,7-8,11-12,16H2/t21-/m1/s1. The maximum absolute atomic E-state index is 9.10. The van der Waals surface area contributed by atoms with Crippen molar-refractivity contribution >= 4 is 5.82 Å². The van der Waals surface area contributed by atoms with Gasteiger partial charge in [-0.1, -0.05) is 30.3 Å². The van der Waals surface area contributed by atoms with Crippen LogP contribution < -0.4 is 10.2 Å². The third-order valence-electron chi connectivity index (χ3n) is 5.28. The Morgan fingerprint density at radius 1 is 1.14 bits per heavy atom. The van der Waals surface area contributed by atoms with Crippen LogP contribution in [0, 0.1) is 11.3 Å². The Balaban J connectivity index is 1.40. The van der Waals surface area contributed by atoms with Crippen LogP contribution in [0.25, 0.3) is 0 Å². The molecule has 142 valence electrons.